The molecule has 2 rings (SSSR count). The van der Waals surface area contributed by atoms with Gasteiger partial charge in [0, 0.05) is 25.4 Å². The average molecular weight is 403 g/mol. The van der Waals surface area contributed by atoms with E-state index in [1.807, 2.05) is 31.2 Å². The van der Waals surface area contributed by atoms with Gasteiger partial charge in [-0.1, -0.05) is 31.2 Å². The summed E-state index contributed by atoms with van der Waals surface area (Å²) in [5.74, 6) is -1.17. The molecule has 28 heavy (non-hydrogen) atoms. The Hall–Kier alpha value is -2.67. The number of anilines is 1. The molecule has 0 fully saturated rings. The number of benzene rings is 1. The molecule has 2 aromatic rings. The van der Waals surface area contributed by atoms with E-state index in [1.165, 1.54) is 28.7 Å². The number of hydrogen-bond acceptors (Lipinski definition) is 5. The molecular weight excluding hydrogens is 376 g/mol. The molecule has 0 unspecified atom stereocenters. The van der Waals surface area contributed by atoms with Crippen LogP contribution in [0.2, 0.25) is 0 Å². The lowest BCUT2D eigenvalue weighted by Gasteiger charge is -2.17. The van der Waals surface area contributed by atoms with Crippen molar-refractivity contribution in [3.05, 3.63) is 51.4 Å². The van der Waals surface area contributed by atoms with E-state index in [1.54, 1.807) is 14.0 Å². The van der Waals surface area contributed by atoms with Crippen LogP contribution in [0.1, 0.15) is 45.8 Å². The number of rotatable bonds is 7. The van der Waals surface area contributed by atoms with Gasteiger partial charge in [0.25, 0.3) is 5.91 Å². The molecular formula is C21H26N2O4S. The van der Waals surface area contributed by atoms with E-state index >= 15 is 0 Å². The van der Waals surface area contributed by atoms with E-state index in [0.717, 1.165) is 22.4 Å². The summed E-state index contributed by atoms with van der Waals surface area (Å²) in [6, 6.07) is 8.06. The molecule has 150 valence electrons. The van der Waals surface area contributed by atoms with Crippen molar-refractivity contribution in [2.45, 2.75) is 40.7 Å². The molecule has 0 saturated heterocycles. The summed E-state index contributed by atoms with van der Waals surface area (Å²) in [6.07, 6.45) is 0.965. The first-order chi connectivity index (χ1) is 13.2. The summed E-state index contributed by atoms with van der Waals surface area (Å²) in [5, 5.41) is 3.10. The molecule has 0 spiro atoms. The maximum Gasteiger partial charge on any atom is 0.341 e. The summed E-state index contributed by atoms with van der Waals surface area (Å²) < 4.78 is 5.23. The Bertz CT molecular complexity index is 871. The number of ether oxygens (including phenoxy) is 1. The summed E-state index contributed by atoms with van der Waals surface area (Å²) >= 11 is 1.31. The highest BCUT2D eigenvalue weighted by molar-refractivity contribution is 7.16. The molecule has 6 nitrogen and oxygen atoms in total. The molecule has 1 aromatic heterocycles. The number of likely N-dealkylation sites (N-methyl/N-ethyl adjacent to an activating group) is 1. The highest BCUT2D eigenvalue weighted by atomic mass is 32.1. The van der Waals surface area contributed by atoms with Gasteiger partial charge in [-0.2, -0.15) is 0 Å². The standard InChI is InChI=1S/C21H26N2O4S/c1-6-16-7-9-17(10-8-16)11-23(5)18(25)12-27-21(26)19-13(2)14(3)28-20(19)22-15(4)24/h7-10H,6,11-12H2,1-5H3,(H,22,24). The maximum absolute atomic E-state index is 12.5. The fourth-order valence-corrected chi connectivity index (χ4v) is 3.77. The lowest BCUT2D eigenvalue weighted by atomic mass is 10.1. The zero-order valence-corrected chi connectivity index (χ0v) is 17.7. The maximum atomic E-state index is 12.5. The van der Waals surface area contributed by atoms with Gasteiger partial charge in [-0.15, -0.1) is 11.3 Å². The molecule has 1 heterocycles. The van der Waals surface area contributed by atoms with Crippen LogP contribution in [-0.4, -0.2) is 36.3 Å². The molecule has 1 N–H and O–H groups in total. The summed E-state index contributed by atoms with van der Waals surface area (Å²) in [6.45, 7) is 7.22. The zero-order chi connectivity index (χ0) is 20.8. The first-order valence-corrected chi connectivity index (χ1v) is 9.91. The number of amides is 2. The van der Waals surface area contributed by atoms with Gasteiger partial charge < -0.3 is 15.0 Å². The molecule has 0 aliphatic rings. The van der Waals surface area contributed by atoms with Crippen LogP contribution in [0.25, 0.3) is 0 Å². The van der Waals surface area contributed by atoms with Gasteiger partial charge in [-0.05, 0) is 37.0 Å². The predicted molar refractivity (Wildman–Crippen MR) is 111 cm³/mol. The van der Waals surface area contributed by atoms with E-state index in [9.17, 15) is 14.4 Å². The van der Waals surface area contributed by atoms with E-state index in [2.05, 4.69) is 12.2 Å². The number of thiophene rings is 1. The summed E-state index contributed by atoms with van der Waals surface area (Å²) in [7, 11) is 1.67. The van der Waals surface area contributed by atoms with Crippen molar-refractivity contribution in [1.29, 1.82) is 0 Å². The number of carbonyl (C=O) groups excluding carboxylic acids is 3. The van der Waals surface area contributed by atoms with E-state index in [0.29, 0.717) is 17.1 Å². The highest BCUT2D eigenvalue weighted by Crippen LogP contribution is 2.33. The SMILES string of the molecule is CCc1ccc(CN(C)C(=O)COC(=O)c2c(NC(C)=O)sc(C)c2C)cc1. The third-order valence-corrected chi connectivity index (χ3v) is 5.61. The average Bonchev–Trinajstić information content (AvgIpc) is 2.92. The second kappa shape index (κ2) is 9.50. The van der Waals surface area contributed by atoms with Gasteiger partial charge in [0.2, 0.25) is 5.91 Å². The van der Waals surface area contributed by atoms with Gasteiger partial charge in [0.05, 0.1) is 5.56 Å². The van der Waals surface area contributed by atoms with Crippen LogP contribution in [-0.2, 0) is 27.3 Å². The molecule has 0 aliphatic heterocycles. The second-order valence-electron chi connectivity index (χ2n) is 6.66. The molecule has 0 radical (unpaired) electrons. The van der Waals surface area contributed by atoms with Crippen LogP contribution in [0.15, 0.2) is 24.3 Å². The summed E-state index contributed by atoms with van der Waals surface area (Å²) in [5.41, 5.74) is 3.30. The molecule has 0 bridgehead atoms. The van der Waals surface area contributed by atoms with Gasteiger partial charge in [0.1, 0.15) is 5.00 Å². The predicted octanol–water partition coefficient (Wildman–Crippen LogP) is 3.70. The molecule has 0 saturated carbocycles. The molecule has 0 aliphatic carbocycles. The van der Waals surface area contributed by atoms with Crippen LogP contribution >= 0.6 is 11.3 Å². The fourth-order valence-electron chi connectivity index (χ4n) is 2.67. The monoisotopic (exact) mass is 402 g/mol. The van der Waals surface area contributed by atoms with Gasteiger partial charge in [0.15, 0.2) is 6.61 Å². The van der Waals surface area contributed by atoms with Crippen molar-refractivity contribution >= 4 is 34.1 Å². The molecule has 1 aromatic carbocycles. The number of nitrogens with zero attached hydrogens (tertiary/aromatic N) is 1. The zero-order valence-electron chi connectivity index (χ0n) is 16.9. The Labute approximate surface area is 169 Å². The minimum atomic E-state index is -0.611. The normalized spacial score (nSPS) is 10.5. The van der Waals surface area contributed by atoms with E-state index in [4.69, 9.17) is 4.74 Å². The lowest BCUT2D eigenvalue weighted by molar-refractivity contribution is -0.133. The third-order valence-electron chi connectivity index (χ3n) is 4.48. The Balaban J connectivity index is 1.98. The van der Waals surface area contributed by atoms with Crippen molar-refractivity contribution in [2.24, 2.45) is 0 Å². The summed E-state index contributed by atoms with van der Waals surface area (Å²) in [4.78, 5) is 38.6. The van der Waals surface area contributed by atoms with Crippen molar-refractivity contribution in [1.82, 2.24) is 4.90 Å². The first kappa shape index (κ1) is 21.6. The van der Waals surface area contributed by atoms with Gasteiger partial charge in [-0.25, -0.2) is 4.79 Å². The Kier molecular flexibility index (Phi) is 7.34. The van der Waals surface area contributed by atoms with Crippen LogP contribution in [0.3, 0.4) is 0 Å². The first-order valence-electron chi connectivity index (χ1n) is 9.09. The van der Waals surface area contributed by atoms with Gasteiger partial charge >= 0.3 is 5.97 Å². The number of hydrogen-bond donors (Lipinski definition) is 1. The topological polar surface area (TPSA) is 75.7 Å². The van der Waals surface area contributed by atoms with Crippen molar-refractivity contribution < 1.29 is 19.1 Å². The quantitative estimate of drug-likeness (QED) is 0.717. The molecule has 2 amide bonds. The second-order valence-corrected chi connectivity index (χ2v) is 7.89. The Morgan fingerprint density at radius 2 is 1.71 bits per heavy atom. The Morgan fingerprint density at radius 3 is 2.29 bits per heavy atom. The largest absolute Gasteiger partial charge is 0.452 e. The highest BCUT2D eigenvalue weighted by Gasteiger charge is 2.23. The van der Waals surface area contributed by atoms with Crippen LogP contribution in [0.4, 0.5) is 5.00 Å². The minimum absolute atomic E-state index is 0.264. The van der Waals surface area contributed by atoms with Crippen molar-refractivity contribution in [3.8, 4) is 0 Å². The molecule has 7 heteroatoms. The van der Waals surface area contributed by atoms with E-state index in [-0.39, 0.29) is 18.4 Å². The fraction of sp³-hybridized carbons (Fsp3) is 0.381. The minimum Gasteiger partial charge on any atom is -0.452 e. The van der Waals surface area contributed by atoms with E-state index < -0.39 is 5.97 Å². The van der Waals surface area contributed by atoms with Gasteiger partial charge in [-0.3, -0.25) is 9.59 Å². The smallest absolute Gasteiger partial charge is 0.341 e. The number of esters is 1. The number of nitrogens with one attached hydrogen (secondary N) is 1. The van der Waals surface area contributed by atoms with Crippen molar-refractivity contribution in [3.63, 3.8) is 0 Å². The Morgan fingerprint density at radius 1 is 1.11 bits per heavy atom. The van der Waals surface area contributed by atoms with Crippen LogP contribution < -0.4 is 5.32 Å². The number of aryl methyl sites for hydroxylation is 2. The van der Waals surface area contributed by atoms with Crippen molar-refractivity contribution in [2.75, 3.05) is 19.0 Å². The third kappa shape index (κ3) is 5.42. The van der Waals surface area contributed by atoms with Crippen LogP contribution in [0, 0.1) is 13.8 Å². The number of carbonyl (C=O) groups is 3. The molecule has 0 atom stereocenters. The van der Waals surface area contributed by atoms with Crippen LogP contribution in [0.5, 0.6) is 0 Å². The lowest BCUT2D eigenvalue weighted by Crippen LogP contribution is -2.31.